The van der Waals surface area contributed by atoms with Crippen molar-refractivity contribution >= 4 is 8.07 Å². The Morgan fingerprint density at radius 3 is 1.90 bits per heavy atom. The van der Waals surface area contributed by atoms with Gasteiger partial charge in [-0.05, 0) is 30.7 Å². The van der Waals surface area contributed by atoms with E-state index in [0.29, 0.717) is 5.04 Å². The summed E-state index contributed by atoms with van der Waals surface area (Å²) in [4.78, 5) is 0. The Morgan fingerprint density at radius 1 is 0.900 bits per heavy atom. The Bertz CT molecular complexity index is 387. The molecule has 0 unspecified atom stereocenters. The first-order valence-corrected chi connectivity index (χ1v) is 10.9. The van der Waals surface area contributed by atoms with Crippen LogP contribution in [0.25, 0.3) is 0 Å². The molecular formula is C19H32Si. The van der Waals surface area contributed by atoms with Crippen molar-refractivity contribution in [2.24, 2.45) is 0 Å². The van der Waals surface area contributed by atoms with Gasteiger partial charge >= 0.3 is 0 Å². The lowest BCUT2D eigenvalue weighted by molar-refractivity contribution is 0.730. The van der Waals surface area contributed by atoms with Crippen molar-refractivity contribution in [3.63, 3.8) is 0 Å². The van der Waals surface area contributed by atoms with Gasteiger partial charge in [0, 0.05) is 19.3 Å². The van der Waals surface area contributed by atoms with Gasteiger partial charge in [0.25, 0.3) is 0 Å². The fraction of sp³-hybridized carbons (Fsp3) is 0.684. The maximum Gasteiger partial charge on any atom is 0.137 e. The molecule has 0 fully saturated rings. The maximum atomic E-state index is 3.71. The highest BCUT2D eigenvalue weighted by atomic mass is 28.3. The molecule has 0 bridgehead atoms. The van der Waals surface area contributed by atoms with E-state index in [9.17, 15) is 0 Å². The van der Waals surface area contributed by atoms with Gasteiger partial charge in [-0.3, -0.25) is 0 Å². The third kappa shape index (κ3) is 9.06. The SMILES string of the molecule is C=CCCCC#CCCCCC#C[Si](C)(C)C(C)(C)C. The lowest BCUT2D eigenvalue weighted by atomic mass is 10.2. The lowest BCUT2D eigenvalue weighted by Gasteiger charge is -2.31. The molecule has 0 rings (SSSR count). The molecule has 0 atom stereocenters. The van der Waals surface area contributed by atoms with Crippen molar-refractivity contribution in [1.82, 2.24) is 0 Å². The van der Waals surface area contributed by atoms with E-state index in [2.05, 4.69) is 63.7 Å². The Balaban J connectivity index is 3.76. The average Bonchev–Trinajstić information content (AvgIpc) is 2.34. The highest BCUT2D eigenvalue weighted by Crippen LogP contribution is 2.35. The summed E-state index contributed by atoms with van der Waals surface area (Å²) in [5, 5.41) is 0.372. The van der Waals surface area contributed by atoms with Crippen LogP contribution in [0.4, 0.5) is 0 Å². The van der Waals surface area contributed by atoms with E-state index < -0.39 is 8.07 Å². The van der Waals surface area contributed by atoms with Crippen LogP contribution in [-0.4, -0.2) is 8.07 Å². The van der Waals surface area contributed by atoms with Gasteiger partial charge in [-0.1, -0.05) is 39.9 Å². The maximum absolute atomic E-state index is 3.71. The van der Waals surface area contributed by atoms with E-state index in [-0.39, 0.29) is 0 Å². The first-order chi connectivity index (χ1) is 9.31. The lowest BCUT2D eigenvalue weighted by Crippen LogP contribution is -2.35. The Kier molecular flexibility index (Phi) is 9.44. The van der Waals surface area contributed by atoms with E-state index in [1.165, 1.54) is 12.8 Å². The highest BCUT2D eigenvalue weighted by molar-refractivity contribution is 6.87. The molecule has 0 amide bonds. The number of hydrogen-bond donors (Lipinski definition) is 0. The zero-order valence-corrected chi connectivity index (χ0v) is 15.2. The van der Waals surface area contributed by atoms with Gasteiger partial charge in [0.1, 0.15) is 8.07 Å². The second-order valence-electron chi connectivity index (χ2n) is 6.92. The quantitative estimate of drug-likeness (QED) is 0.245. The Hall–Kier alpha value is -0.923. The molecule has 0 saturated carbocycles. The molecule has 0 nitrogen and oxygen atoms in total. The number of allylic oxidation sites excluding steroid dienone is 1. The zero-order valence-electron chi connectivity index (χ0n) is 14.2. The van der Waals surface area contributed by atoms with Crippen LogP contribution < -0.4 is 0 Å². The van der Waals surface area contributed by atoms with E-state index in [0.717, 1.165) is 32.1 Å². The fourth-order valence-electron chi connectivity index (χ4n) is 1.41. The summed E-state index contributed by atoms with van der Waals surface area (Å²) in [5.74, 6) is 9.88. The summed E-state index contributed by atoms with van der Waals surface area (Å²) >= 11 is 0. The molecule has 0 heterocycles. The standard InChI is InChI=1S/C19H32Si/c1-7-8-9-10-11-12-13-14-15-16-17-18-20(5,6)19(2,3)4/h7H,1,8-10,13-16H2,2-6H3. The summed E-state index contributed by atoms with van der Waals surface area (Å²) in [6.45, 7) is 15.4. The van der Waals surface area contributed by atoms with Crippen LogP contribution in [0.5, 0.6) is 0 Å². The topological polar surface area (TPSA) is 0 Å². The molecule has 0 aromatic rings. The molecule has 112 valence electrons. The number of rotatable bonds is 6. The first-order valence-electron chi connectivity index (χ1n) is 7.88. The molecule has 0 aromatic heterocycles. The molecule has 0 aliphatic heterocycles. The number of unbranched alkanes of at least 4 members (excludes halogenated alkanes) is 5. The monoisotopic (exact) mass is 288 g/mol. The van der Waals surface area contributed by atoms with E-state index >= 15 is 0 Å². The van der Waals surface area contributed by atoms with Crippen LogP contribution in [-0.2, 0) is 0 Å². The van der Waals surface area contributed by atoms with Gasteiger partial charge in [0.05, 0.1) is 0 Å². The van der Waals surface area contributed by atoms with Crippen molar-refractivity contribution in [2.75, 3.05) is 0 Å². The normalized spacial score (nSPS) is 11.1. The molecule has 0 aliphatic carbocycles. The highest BCUT2D eigenvalue weighted by Gasteiger charge is 2.33. The average molecular weight is 289 g/mol. The summed E-state index contributed by atoms with van der Waals surface area (Å²) in [6.07, 6.45) is 9.62. The van der Waals surface area contributed by atoms with Crippen LogP contribution in [0.3, 0.4) is 0 Å². The molecule has 0 spiro atoms. The summed E-state index contributed by atoms with van der Waals surface area (Å²) in [7, 11) is -1.40. The van der Waals surface area contributed by atoms with Crippen molar-refractivity contribution in [3.8, 4) is 23.3 Å². The van der Waals surface area contributed by atoms with Gasteiger partial charge in [0.15, 0.2) is 0 Å². The third-order valence-electron chi connectivity index (χ3n) is 3.96. The van der Waals surface area contributed by atoms with Crippen LogP contribution in [0.15, 0.2) is 12.7 Å². The van der Waals surface area contributed by atoms with Gasteiger partial charge in [-0.2, -0.15) is 0 Å². The Morgan fingerprint density at radius 2 is 1.40 bits per heavy atom. The molecule has 0 saturated heterocycles. The first kappa shape index (κ1) is 19.1. The van der Waals surface area contributed by atoms with Gasteiger partial charge in [-0.15, -0.1) is 29.9 Å². The van der Waals surface area contributed by atoms with Gasteiger partial charge in [-0.25, -0.2) is 0 Å². The molecular weight excluding hydrogens is 256 g/mol. The molecule has 20 heavy (non-hydrogen) atoms. The van der Waals surface area contributed by atoms with Crippen molar-refractivity contribution in [1.29, 1.82) is 0 Å². The third-order valence-corrected chi connectivity index (χ3v) is 8.52. The van der Waals surface area contributed by atoms with Crippen molar-refractivity contribution in [2.45, 2.75) is 83.8 Å². The van der Waals surface area contributed by atoms with Crippen molar-refractivity contribution < 1.29 is 0 Å². The minimum Gasteiger partial charge on any atom is -0.131 e. The predicted octanol–water partition coefficient (Wildman–Crippen LogP) is 5.96. The summed E-state index contributed by atoms with van der Waals surface area (Å²) < 4.78 is 0. The van der Waals surface area contributed by atoms with Crippen LogP contribution in [0.1, 0.15) is 65.7 Å². The van der Waals surface area contributed by atoms with Crippen LogP contribution >= 0.6 is 0 Å². The molecule has 0 radical (unpaired) electrons. The van der Waals surface area contributed by atoms with Gasteiger partial charge < -0.3 is 0 Å². The van der Waals surface area contributed by atoms with Gasteiger partial charge in [0.2, 0.25) is 0 Å². The largest absolute Gasteiger partial charge is 0.137 e. The molecule has 0 aromatic carbocycles. The predicted molar refractivity (Wildman–Crippen MR) is 95.3 cm³/mol. The minimum absolute atomic E-state index is 0.372. The van der Waals surface area contributed by atoms with Crippen LogP contribution in [0, 0.1) is 23.3 Å². The smallest absolute Gasteiger partial charge is 0.131 e. The van der Waals surface area contributed by atoms with Crippen molar-refractivity contribution in [3.05, 3.63) is 12.7 Å². The Labute approximate surface area is 128 Å². The fourth-order valence-corrected chi connectivity index (χ4v) is 2.35. The van der Waals surface area contributed by atoms with E-state index in [1.54, 1.807) is 0 Å². The zero-order chi connectivity index (χ0) is 15.5. The summed E-state index contributed by atoms with van der Waals surface area (Å²) in [5.41, 5.74) is 3.57. The second kappa shape index (κ2) is 9.90. The van der Waals surface area contributed by atoms with E-state index in [1.807, 2.05) is 6.08 Å². The summed E-state index contributed by atoms with van der Waals surface area (Å²) in [6, 6.07) is 0. The van der Waals surface area contributed by atoms with Crippen LogP contribution in [0.2, 0.25) is 18.1 Å². The molecule has 0 N–H and O–H groups in total. The second-order valence-corrected chi connectivity index (χ2v) is 11.9. The molecule has 1 heteroatoms. The molecule has 0 aliphatic rings. The number of hydrogen-bond acceptors (Lipinski definition) is 0. The minimum atomic E-state index is -1.40. The van der Waals surface area contributed by atoms with E-state index in [4.69, 9.17) is 0 Å².